The van der Waals surface area contributed by atoms with Crippen LogP contribution in [-0.2, 0) is 6.54 Å². The van der Waals surface area contributed by atoms with Crippen LogP contribution in [0.5, 0.6) is 0 Å². The van der Waals surface area contributed by atoms with E-state index < -0.39 is 0 Å². The summed E-state index contributed by atoms with van der Waals surface area (Å²) in [6, 6.07) is 6.83. The van der Waals surface area contributed by atoms with Crippen LogP contribution in [-0.4, -0.2) is 22.5 Å². The Hall–Kier alpha value is -1.13. The molecule has 4 heteroatoms. The molecule has 0 aromatic carbocycles. The number of fused-ring (bicyclic) bond motifs is 1. The third kappa shape index (κ3) is 2.90. The van der Waals surface area contributed by atoms with Gasteiger partial charge in [0.2, 0.25) is 0 Å². The number of hydrogen-bond acceptors (Lipinski definition) is 4. The van der Waals surface area contributed by atoms with E-state index in [1.807, 2.05) is 12.1 Å². The molecule has 0 spiro atoms. The summed E-state index contributed by atoms with van der Waals surface area (Å²) in [6.07, 6.45) is 8.41. The zero-order valence-corrected chi connectivity index (χ0v) is 11.5. The first-order valence-electron chi connectivity index (χ1n) is 7.53. The Morgan fingerprint density at radius 2 is 2.05 bits per heavy atom. The highest BCUT2D eigenvalue weighted by Gasteiger charge is 2.33. The first-order chi connectivity index (χ1) is 9.36. The number of piperidine rings is 1. The molecule has 4 nitrogen and oxygen atoms in total. The van der Waals surface area contributed by atoms with Crippen LogP contribution >= 0.6 is 0 Å². The molecule has 0 amide bonds. The molecule has 19 heavy (non-hydrogen) atoms. The van der Waals surface area contributed by atoms with Gasteiger partial charge in [0.25, 0.3) is 0 Å². The molecule has 1 aliphatic heterocycles. The lowest BCUT2D eigenvalue weighted by molar-refractivity contribution is 0.0538. The van der Waals surface area contributed by atoms with Gasteiger partial charge in [0.15, 0.2) is 0 Å². The molecule has 2 heterocycles. The van der Waals surface area contributed by atoms with Gasteiger partial charge in [-0.3, -0.25) is 4.90 Å². The molecule has 0 radical (unpaired) electrons. The molecule has 0 unspecified atom stereocenters. The van der Waals surface area contributed by atoms with Crippen LogP contribution in [0.25, 0.3) is 0 Å². The number of hydrazine groups is 1. The molecule has 1 aromatic heterocycles. The molecular formula is C15H24N4. The fourth-order valence-corrected chi connectivity index (χ4v) is 3.78. The van der Waals surface area contributed by atoms with Crippen molar-refractivity contribution >= 4 is 5.82 Å². The molecule has 1 aliphatic carbocycles. The zero-order valence-electron chi connectivity index (χ0n) is 11.5. The minimum absolute atomic E-state index is 0.759. The predicted molar refractivity (Wildman–Crippen MR) is 77.4 cm³/mol. The Morgan fingerprint density at radius 3 is 2.95 bits per heavy atom. The highest BCUT2D eigenvalue weighted by molar-refractivity contribution is 5.33. The average Bonchev–Trinajstić information content (AvgIpc) is 2.48. The van der Waals surface area contributed by atoms with Crippen molar-refractivity contribution in [2.75, 3.05) is 12.0 Å². The second-order valence-electron chi connectivity index (χ2n) is 5.88. The first kappa shape index (κ1) is 12.9. The van der Waals surface area contributed by atoms with Crippen LogP contribution in [0.4, 0.5) is 5.82 Å². The Labute approximate surface area is 115 Å². The summed E-state index contributed by atoms with van der Waals surface area (Å²) in [6.45, 7) is 2.19. The maximum Gasteiger partial charge on any atom is 0.140 e. The summed E-state index contributed by atoms with van der Waals surface area (Å²) < 4.78 is 0. The second-order valence-corrected chi connectivity index (χ2v) is 5.88. The minimum atomic E-state index is 0.759. The van der Waals surface area contributed by atoms with Gasteiger partial charge in [-0.2, -0.15) is 0 Å². The monoisotopic (exact) mass is 260 g/mol. The number of aromatic nitrogens is 1. The summed E-state index contributed by atoms with van der Waals surface area (Å²) in [5, 5.41) is 0. The summed E-state index contributed by atoms with van der Waals surface area (Å²) in [5.74, 6) is 7.12. The standard InChI is InChI=1S/C15H24N4/c16-18-15-9-3-7-13(17-15)11-19-10-4-6-12-5-1-2-8-14(12)19/h3,7,9,12,14H,1-2,4-6,8,10-11,16H2,(H,17,18)/t12-,14-/m1/s1. The summed E-state index contributed by atoms with van der Waals surface area (Å²) in [4.78, 5) is 7.19. The topological polar surface area (TPSA) is 54.2 Å². The third-order valence-electron chi connectivity index (χ3n) is 4.68. The van der Waals surface area contributed by atoms with Crippen molar-refractivity contribution in [2.45, 2.75) is 51.1 Å². The molecule has 2 fully saturated rings. The number of rotatable bonds is 3. The average molecular weight is 260 g/mol. The van der Waals surface area contributed by atoms with Crippen LogP contribution in [0.2, 0.25) is 0 Å². The fourth-order valence-electron chi connectivity index (χ4n) is 3.78. The summed E-state index contributed by atoms with van der Waals surface area (Å²) in [7, 11) is 0. The highest BCUT2D eigenvalue weighted by Crippen LogP contribution is 2.35. The molecule has 2 atom stereocenters. The normalized spacial score (nSPS) is 27.8. The minimum Gasteiger partial charge on any atom is -0.308 e. The van der Waals surface area contributed by atoms with Gasteiger partial charge in [0.05, 0.1) is 5.69 Å². The predicted octanol–water partition coefficient (Wildman–Crippen LogP) is 2.52. The quantitative estimate of drug-likeness (QED) is 0.648. The van der Waals surface area contributed by atoms with E-state index in [0.29, 0.717) is 0 Å². The molecule has 2 aliphatic rings. The Balaban J connectivity index is 1.70. The van der Waals surface area contributed by atoms with E-state index in [9.17, 15) is 0 Å². The van der Waals surface area contributed by atoms with Crippen LogP contribution in [0.3, 0.4) is 0 Å². The number of nitrogens with zero attached hydrogens (tertiary/aromatic N) is 2. The Kier molecular flexibility index (Phi) is 3.99. The van der Waals surface area contributed by atoms with E-state index in [4.69, 9.17) is 5.84 Å². The second kappa shape index (κ2) is 5.88. The van der Waals surface area contributed by atoms with E-state index in [-0.39, 0.29) is 0 Å². The van der Waals surface area contributed by atoms with E-state index >= 15 is 0 Å². The Bertz CT molecular complexity index is 418. The van der Waals surface area contributed by atoms with Crippen molar-refractivity contribution in [1.29, 1.82) is 0 Å². The van der Waals surface area contributed by atoms with E-state index in [2.05, 4.69) is 21.4 Å². The van der Waals surface area contributed by atoms with Crippen molar-refractivity contribution in [1.82, 2.24) is 9.88 Å². The van der Waals surface area contributed by atoms with Crippen molar-refractivity contribution in [3.8, 4) is 0 Å². The maximum absolute atomic E-state index is 5.43. The lowest BCUT2D eigenvalue weighted by Crippen LogP contribution is -2.46. The van der Waals surface area contributed by atoms with Gasteiger partial charge in [-0.05, 0) is 50.3 Å². The van der Waals surface area contributed by atoms with E-state index in [1.165, 1.54) is 45.1 Å². The van der Waals surface area contributed by atoms with E-state index in [0.717, 1.165) is 30.0 Å². The fraction of sp³-hybridized carbons (Fsp3) is 0.667. The lowest BCUT2D eigenvalue weighted by Gasteiger charge is -2.44. The van der Waals surface area contributed by atoms with Crippen LogP contribution < -0.4 is 11.3 Å². The van der Waals surface area contributed by atoms with Gasteiger partial charge in [0.1, 0.15) is 5.82 Å². The third-order valence-corrected chi connectivity index (χ3v) is 4.68. The van der Waals surface area contributed by atoms with Crippen molar-refractivity contribution < 1.29 is 0 Å². The summed E-state index contributed by atoms with van der Waals surface area (Å²) >= 11 is 0. The summed E-state index contributed by atoms with van der Waals surface area (Å²) in [5.41, 5.74) is 3.76. The number of nitrogens with two attached hydrogens (primary N) is 1. The molecule has 104 valence electrons. The Morgan fingerprint density at radius 1 is 1.21 bits per heavy atom. The van der Waals surface area contributed by atoms with Gasteiger partial charge in [-0.25, -0.2) is 10.8 Å². The number of nitrogen functional groups attached to an aromatic ring is 1. The van der Waals surface area contributed by atoms with Crippen molar-refractivity contribution in [2.24, 2.45) is 11.8 Å². The SMILES string of the molecule is NNc1cccc(CN2CCC[C@H]3CCCC[C@H]32)n1. The smallest absolute Gasteiger partial charge is 0.140 e. The number of hydrogen-bond donors (Lipinski definition) is 2. The lowest BCUT2D eigenvalue weighted by atomic mass is 9.78. The molecule has 0 bridgehead atoms. The zero-order chi connectivity index (χ0) is 13.1. The first-order valence-corrected chi connectivity index (χ1v) is 7.53. The number of pyridine rings is 1. The number of anilines is 1. The molecule has 3 N–H and O–H groups in total. The maximum atomic E-state index is 5.43. The molecule has 1 saturated heterocycles. The molecular weight excluding hydrogens is 236 g/mol. The highest BCUT2D eigenvalue weighted by atomic mass is 15.3. The van der Waals surface area contributed by atoms with E-state index in [1.54, 1.807) is 0 Å². The number of nitrogens with one attached hydrogen (secondary N) is 1. The van der Waals surface area contributed by atoms with Crippen molar-refractivity contribution in [3.05, 3.63) is 23.9 Å². The van der Waals surface area contributed by atoms with Gasteiger partial charge in [0, 0.05) is 12.6 Å². The van der Waals surface area contributed by atoms with Gasteiger partial charge in [-0.1, -0.05) is 18.9 Å². The molecule has 3 rings (SSSR count). The molecule has 1 aromatic rings. The van der Waals surface area contributed by atoms with Crippen molar-refractivity contribution in [3.63, 3.8) is 0 Å². The van der Waals surface area contributed by atoms with Crippen LogP contribution in [0.15, 0.2) is 18.2 Å². The van der Waals surface area contributed by atoms with Gasteiger partial charge < -0.3 is 5.43 Å². The van der Waals surface area contributed by atoms with Crippen LogP contribution in [0.1, 0.15) is 44.2 Å². The largest absolute Gasteiger partial charge is 0.308 e. The van der Waals surface area contributed by atoms with Gasteiger partial charge >= 0.3 is 0 Å². The molecule has 1 saturated carbocycles. The van der Waals surface area contributed by atoms with Crippen LogP contribution in [0, 0.1) is 5.92 Å². The van der Waals surface area contributed by atoms with Gasteiger partial charge in [-0.15, -0.1) is 0 Å². The number of likely N-dealkylation sites (tertiary alicyclic amines) is 1.